The van der Waals surface area contributed by atoms with E-state index in [0.29, 0.717) is 0 Å². The minimum Gasteiger partial charge on any atom is -0.382 e. The van der Waals surface area contributed by atoms with Crippen LogP contribution in [0, 0.1) is 0 Å². The third-order valence-corrected chi connectivity index (χ3v) is 0.600. The second-order valence-corrected chi connectivity index (χ2v) is 1.67. The first-order valence-corrected chi connectivity index (χ1v) is 2.58. The molecule has 46 valence electrons. The van der Waals surface area contributed by atoms with Crippen LogP contribution in [0.15, 0.2) is 17.4 Å². The monoisotopic (exact) mass is 112 g/mol. The summed E-state index contributed by atoms with van der Waals surface area (Å²) in [4.78, 5) is 5.80. The van der Waals surface area contributed by atoms with Crippen LogP contribution in [0.1, 0.15) is 6.92 Å². The van der Waals surface area contributed by atoms with E-state index in [1.807, 2.05) is 32.1 Å². The van der Waals surface area contributed by atoms with E-state index in [1.54, 1.807) is 12.4 Å². The molecule has 0 atom stereocenters. The summed E-state index contributed by atoms with van der Waals surface area (Å²) in [6.07, 6.45) is 5.39. The summed E-state index contributed by atoms with van der Waals surface area (Å²) in [5.41, 5.74) is 0. The van der Waals surface area contributed by atoms with Gasteiger partial charge in [0.2, 0.25) is 0 Å². The summed E-state index contributed by atoms with van der Waals surface area (Å²) >= 11 is 0. The normalized spacial score (nSPS) is 11.4. The molecule has 8 heavy (non-hydrogen) atoms. The Hall–Kier alpha value is -0.790. The first kappa shape index (κ1) is 7.21. The minimum absolute atomic E-state index is 1.75. The van der Waals surface area contributed by atoms with Crippen molar-refractivity contribution in [1.82, 2.24) is 4.90 Å². The summed E-state index contributed by atoms with van der Waals surface area (Å²) in [6, 6.07) is 0. The van der Waals surface area contributed by atoms with Gasteiger partial charge >= 0.3 is 0 Å². The Morgan fingerprint density at radius 3 is 2.38 bits per heavy atom. The second kappa shape index (κ2) is 4.37. The van der Waals surface area contributed by atoms with E-state index in [1.165, 1.54) is 0 Å². The van der Waals surface area contributed by atoms with Gasteiger partial charge < -0.3 is 4.90 Å². The molecule has 0 spiro atoms. The van der Waals surface area contributed by atoms with Crippen LogP contribution in [0.3, 0.4) is 0 Å². The second-order valence-electron chi connectivity index (χ2n) is 1.67. The molecular weight excluding hydrogens is 100 g/mol. The van der Waals surface area contributed by atoms with Crippen molar-refractivity contribution in [3.63, 3.8) is 0 Å². The fourth-order valence-corrected chi connectivity index (χ4v) is 0.258. The van der Waals surface area contributed by atoms with Gasteiger partial charge in [0, 0.05) is 32.7 Å². The number of hydrogen-bond donors (Lipinski definition) is 0. The molecule has 0 amide bonds. The molecule has 0 N–H and O–H groups in total. The quantitative estimate of drug-likeness (QED) is 0.488. The lowest BCUT2D eigenvalue weighted by Crippen LogP contribution is -1.99. The summed E-state index contributed by atoms with van der Waals surface area (Å²) in [6.45, 7) is 1.89. The third-order valence-electron chi connectivity index (χ3n) is 0.600. The molecule has 0 rings (SSSR count). The lowest BCUT2D eigenvalue weighted by molar-refractivity contribution is 0.562. The van der Waals surface area contributed by atoms with E-state index in [9.17, 15) is 0 Å². The van der Waals surface area contributed by atoms with E-state index in [4.69, 9.17) is 0 Å². The molecule has 0 saturated carbocycles. The highest BCUT2D eigenvalue weighted by molar-refractivity contribution is 5.54. The highest BCUT2D eigenvalue weighted by Crippen LogP contribution is 1.76. The van der Waals surface area contributed by atoms with Gasteiger partial charge in [0.05, 0.1) is 0 Å². The lowest BCUT2D eigenvalue weighted by atomic mass is 10.8. The molecule has 0 fully saturated rings. The van der Waals surface area contributed by atoms with Gasteiger partial charge in [-0.2, -0.15) is 0 Å². The van der Waals surface area contributed by atoms with Crippen LogP contribution in [0.5, 0.6) is 0 Å². The van der Waals surface area contributed by atoms with Gasteiger partial charge in [0.25, 0.3) is 0 Å². The van der Waals surface area contributed by atoms with Crippen LogP contribution in [-0.2, 0) is 0 Å². The largest absolute Gasteiger partial charge is 0.382 e. The molecule has 0 aromatic heterocycles. The first-order valence-electron chi connectivity index (χ1n) is 2.58. The van der Waals surface area contributed by atoms with Crippen LogP contribution >= 0.6 is 0 Å². The Labute approximate surface area is 50.5 Å². The van der Waals surface area contributed by atoms with Crippen LogP contribution < -0.4 is 0 Å². The fourth-order valence-electron chi connectivity index (χ4n) is 0.258. The third kappa shape index (κ3) is 5.21. The molecule has 0 aliphatic carbocycles. The van der Waals surface area contributed by atoms with Crippen molar-refractivity contribution in [2.45, 2.75) is 6.92 Å². The van der Waals surface area contributed by atoms with Crippen LogP contribution in [0.2, 0.25) is 0 Å². The zero-order chi connectivity index (χ0) is 6.41. The smallest absolute Gasteiger partial charge is 0.0422 e. The Morgan fingerprint density at radius 2 is 2.00 bits per heavy atom. The molecule has 0 saturated heterocycles. The minimum atomic E-state index is 1.75. The zero-order valence-corrected chi connectivity index (χ0v) is 5.63. The molecule has 0 heterocycles. The molecule has 0 aromatic carbocycles. The van der Waals surface area contributed by atoms with Crippen LogP contribution in [0.25, 0.3) is 0 Å². The summed E-state index contributed by atoms with van der Waals surface area (Å²) in [7, 11) is 3.92. The molecule has 0 unspecified atom stereocenters. The standard InChI is InChI=1S/C6H12N2/c1-4-7-5-6-8(2)3/h4-6H,1-3H3/b6-5-,7-4?. The molecule has 2 nitrogen and oxygen atoms in total. The van der Waals surface area contributed by atoms with E-state index >= 15 is 0 Å². The van der Waals surface area contributed by atoms with E-state index < -0.39 is 0 Å². The van der Waals surface area contributed by atoms with Crippen molar-refractivity contribution in [3.05, 3.63) is 12.4 Å². The number of nitrogens with zero attached hydrogens (tertiary/aromatic N) is 2. The van der Waals surface area contributed by atoms with Crippen molar-refractivity contribution < 1.29 is 0 Å². The average Bonchev–Trinajstić information content (AvgIpc) is 1.66. The van der Waals surface area contributed by atoms with Gasteiger partial charge in [0.1, 0.15) is 0 Å². The van der Waals surface area contributed by atoms with Crippen molar-refractivity contribution in [2.75, 3.05) is 14.1 Å². The van der Waals surface area contributed by atoms with E-state index in [2.05, 4.69) is 4.99 Å². The van der Waals surface area contributed by atoms with Gasteiger partial charge in [-0.3, -0.25) is 4.99 Å². The molecule has 0 bridgehead atoms. The van der Waals surface area contributed by atoms with Gasteiger partial charge in [-0.1, -0.05) is 0 Å². The Kier molecular flexibility index (Phi) is 3.94. The summed E-state index contributed by atoms with van der Waals surface area (Å²) in [5.74, 6) is 0. The molecule has 0 aliphatic heterocycles. The van der Waals surface area contributed by atoms with Crippen molar-refractivity contribution in [1.29, 1.82) is 0 Å². The Bertz CT molecular complexity index is 92.7. The summed E-state index contributed by atoms with van der Waals surface area (Å²) in [5, 5.41) is 0. The van der Waals surface area contributed by atoms with E-state index in [0.717, 1.165) is 0 Å². The molecular formula is C6H12N2. The van der Waals surface area contributed by atoms with Gasteiger partial charge in [-0.25, -0.2) is 0 Å². The Balaban J connectivity index is 3.34. The van der Waals surface area contributed by atoms with Gasteiger partial charge in [0.15, 0.2) is 0 Å². The maximum atomic E-state index is 3.86. The predicted octanol–water partition coefficient (Wildman–Crippen LogP) is 1.11. The molecule has 0 aromatic rings. The van der Waals surface area contributed by atoms with Crippen LogP contribution in [0.4, 0.5) is 0 Å². The fraction of sp³-hybridized carbons (Fsp3) is 0.500. The number of aliphatic imine (C=N–C) groups is 1. The Morgan fingerprint density at radius 1 is 1.38 bits per heavy atom. The predicted molar refractivity (Wildman–Crippen MR) is 37.0 cm³/mol. The average molecular weight is 112 g/mol. The van der Waals surface area contributed by atoms with Crippen molar-refractivity contribution >= 4 is 6.21 Å². The highest BCUT2D eigenvalue weighted by Gasteiger charge is 1.69. The SMILES string of the molecule is CC=N/C=C\N(C)C. The summed E-state index contributed by atoms with van der Waals surface area (Å²) < 4.78 is 0. The van der Waals surface area contributed by atoms with Gasteiger partial charge in [-0.15, -0.1) is 0 Å². The highest BCUT2D eigenvalue weighted by atomic mass is 15.0. The molecule has 0 aliphatic rings. The van der Waals surface area contributed by atoms with Crippen molar-refractivity contribution in [3.8, 4) is 0 Å². The maximum absolute atomic E-state index is 3.86. The lowest BCUT2D eigenvalue weighted by Gasteiger charge is -1.99. The maximum Gasteiger partial charge on any atom is 0.0422 e. The first-order chi connectivity index (χ1) is 3.77. The number of hydrogen-bond acceptors (Lipinski definition) is 2. The van der Waals surface area contributed by atoms with Gasteiger partial charge in [-0.05, 0) is 6.92 Å². The molecule has 0 radical (unpaired) electrons. The molecule has 2 heteroatoms. The van der Waals surface area contributed by atoms with Crippen LogP contribution in [-0.4, -0.2) is 25.2 Å². The van der Waals surface area contributed by atoms with Crippen molar-refractivity contribution in [2.24, 2.45) is 4.99 Å². The zero-order valence-electron chi connectivity index (χ0n) is 5.63. The van der Waals surface area contributed by atoms with E-state index in [-0.39, 0.29) is 0 Å². The topological polar surface area (TPSA) is 15.6 Å². The number of rotatable bonds is 2.